The number of aromatic nitrogens is 1. The molecule has 0 unspecified atom stereocenters. The number of amides is 1. The van der Waals surface area contributed by atoms with Gasteiger partial charge in [-0.25, -0.2) is 12.7 Å². The van der Waals surface area contributed by atoms with Crippen LogP contribution in [-0.4, -0.2) is 43.3 Å². The number of hydrogen-bond donors (Lipinski definition) is 2. The van der Waals surface area contributed by atoms with E-state index < -0.39 is 15.9 Å². The molecule has 0 saturated carbocycles. The molecule has 18 heavy (non-hydrogen) atoms. The zero-order chi connectivity index (χ0) is 13.9. The molecule has 0 bridgehead atoms. The molecule has 8 heteroatoms. The molecule has 1 aromatic heterocycles. The van der Waals surface area contributed by atoms with E-state index in [0.29, 0.717) is 19.5 Å². The van der Waals surface area contributed by atoms with Crippen LogP contribution in [0.25, 0.3) is 0 Å². The van der Waals surface area contributed by atoms with Crippen LogP contribution in [-0.2, 0) is 17.1 Å². The molecule has 0 atom stereocenters. The van der Waals surface area contributed by atoms with Gasteiger partial charge in [0, 0.05) is 26.8 Å². The van der Waals surface area contributed by atoms with Crippen molar-refractivity contribution in [1.82, 2.24) is 8.87 Å². The van der Waals surface area contributed by atoms with Crippen LogP contribution in [0.1, 0.15) is 16.9 Å². The topological polar surface area (TPSA) is 111 Å². The van der Waals surface area contributed by atoms with Gasteiger partial charge in [-0.2, -0.15) is 0 Å². The molecule has 0 fully saturated rings. The van der Waals surface area contributed by atoms with Gasteiger partial charge in [-0.05, 0) is 19.0 Å². The van der Waals surface area contributed by atoms with Crippen molar-refractivity contribution >= 4 is 15.9 Å². The van der Waals surface area contributed by atoms with Crippen molar-refractivity contribution in [2.45, 2.75) is 11.3 Å². The summed E-state index contributed by atoms with van der Waals surface area (Å²) in [4.78, 5) is 11.1. The van der Waals surface area contributed by atoms with E-state index in [4.69, 9.17) is 11.5 Å². The van der Waals surface area contributed by atoms with Crippen molar-refractivity contribution in [2.75, 3.05) is 20.1 Å². The lowest BCUT2D eigenvalue weighted by Gasteiger charge is -2.15. The van der Waals surface area contributed by atoms with E-state index in [2.05, 4.69) is 0 Å². The molecule has 0 aliphatic carbocycles. The Kier molecular flexibility index (Phi) is 4.49. The van der Waals surface area contributed by atoms with Crippen molar-refractivity contribution in [2.24, 2.45) is 18.5 Å². The van der Waals surface area contributed by atoms with Crippen molar-refractivity contribution in [3.63, 3.8) is 0 Å². The molecular weight excluding hydrogens is 256 g/mol. The van der Waals surface area contributed by atoms with Crippen molar-refractivity contribution < 1.29 is 13.2 Å². The van der Waals surface area contributed by atoms with E-state index in [1.807, 2.05) is 0 Å². The van der Waals surface area contributed by atoms with Gasteiger partial charge in [-0.15, -0.1) is 0 Å². The number of aryl methyl sites for hydroxylation is 1. The standard InChI is InChI=1S/C10H18N4O3S/c1-13-7-8(6-9(13)10(12)15)18(16,17)14(2)5-3-4-11/h6-7H,3-5,11H2,1-2H3,(H2,12,15). The highest BCUT2D eigenvalue weighted by atomic mass is 32.2. The third-order valence-electron chi connectivity index (χ3n) is 2.62. The Hall–Kier alpha value is -1.38. The van der Waals surface area contributed by atoms with E-state index in [-0.39, 0.29) is 10.6 Å². The van der Waals surface area contributed by atoms with Gasteiger partial charge in [-0.1, -0.05) is 0 Å². The van der Waals surface area contributed by atoms with Gasteiger partial charge in [-0.3, -0.25) is 4.79 Å². The van der Waals surface area contributed by atoms with Crippen LogP contribution in [0, 0.1) is 0 Å². The fourth-order valence-electron chi connectivity index (χ4n) is 1.53. The number of primary amides is 1. The molecule has 0 aliphatic heterocycles. The minimum atomic E-state index is -3.60. The monoisotopic (exact) mass is 274 g/mol. The summed E-state index contributed by atoms with van der Waals surface area (Å²) < 4.78 is 26.9. The first-order valence-corrected chi connectivity index (χ1v) is 6.87. The Morgan fingerprint density at radius 2 is 2.11 bits per heavy atom. The van der Waals surface area contributed by atoms with Crippen LogP contribution in [0.2, 0.25) is 0 Å². The summed E-state index contributed by atoms with van der Waals surface area (Å²) in [6.07, 6.45) is 1.94. The molecule has 7 nitrogen and oxygen atoms in total. The van der Waals surface area contributed by atoms with Crippen LogP contribution in [0.15, 0.2) is 17.2 Å². The van der Waals surface area contributed by atoms with Gasteiger partial charge < -0.3 is 16.0 Å². The van der Waals surface area contributed by atoms with E-state index in [9.17, 15) is 13.2 Å². The van der Waals surface area contributed by atoms with Gasteiger partial charge in [0.1, 0.15) is 10.6 Å². The number of hydrogen-bond acceptors (Lipinski definition) is 4. The Bertz CT molecular complexity index is 535. The van der Waals surface area contributed by atoms with Crippen LogP contribution in [0.4, 0.5) is 0 Å². The third-order valence-corrected chi connectivity index (χ3v) is 4.44. The summed E-state index contributed by atoms with van der Waals surface area (Å²) in [5, 5.41) is 0. The van der Waals surface area contributed by atoms with Gasteiger partial charge in [0.2, 0.25) is 10.0 Å². The molecule has 0 aliphatic rings. The van der Waals surface area contributed by atoms with Gasteiger partial charge >= 0.3 is 0 Å². The van der Waals surface area contributed by atoms with Crippen molar-refractivity contribution in [1.29, 1.82) is 0 Å². The lowest BCUT2D eigenvalue weighted by Crippen LogP contribution is -2.28. The summed E-state index contributed by atoms with van der Waals surface area (Å²) in [7, 11) is -0.555. The van der Waals surface area contributed by atoms with Crippen LogP contribution >= 0.6 is 0 Å². The van der Waals surface area contributed by atoms with Gasteiger partial charge in [0.25, 0.3) is 5.91 Å². The first-order chi connectivity index (χ1) is 8.30. The quantitative estimate of drug-likeness (QED) is 0.699. The van der Waals surface area contributed by atoms with Gasteiger partial charge in [0.15, 0.2) is 0 Å². The maximum atomic E-state index is 12.1. The summed E-state index contributed by atoms with van der Waals surface area (Å²) in [6.45, 7) is 0.751. The second-order valence-corrected chi connectivity index (χ2v) is 6.05. The first-order valence-electron chi connectivity index (χ1n) is 5.43. The molecule has 4 N–H and O–H groups in total. The van der Waals surface area contributed by atoms with Crippen molar-refractivity contribution in [3.8, 4) is 0 Å². The second kappa shape index (κ2) is 5.51. The molecule has 102 valence electrons. The predicted molar refractivity (Wildman–Crippen MR) is 67.4 cm³/mol. The summed E-state index contributed by atoms with van der Waals surface area (Å²) in [6, 6.07) is 1.27. The van der Waals surface area contributed by atoms with Crippen molar-refractivity contribution in [3.05, 3.63) is 18.0 Å². The lowest BCUT2D eigenvalue weighted by molar-refractivity contribution is 0.0992. The molecule has 0 saturated heterocycles. The van der Waals surface area contributed by atoms with E-state index in [1.165, 1.54) is 28.2 Å². The minimum absolute atomic E-state index is 0.0540. The lowest BCUT2D eigenvalue weighted by atomic mass is 10.4. The molecule has 0 spiro atoms. The molecule has 0 aromatic carbocycles. The Balaban J connectivity index is 3.05. The number of nitrogens with zero attached hydrogens (tertiary/aromatic N) is 2. The number of carbonyl (C=O) groups is 1. The average molecular weight is 274 g/mol. The minimum Gasteiger partial charge on any atom is -0.364 e. The summed E-state index contributed by atoms with van der Waals surface area (Å²) >= 11 is 0. The van der Waals surface area contributed by atoms with E-state index in [0.717, 1.165) is 0 Å². The fraction of sp³-hybridized carbons (Fsp3) is 0.500. The molecule has 1 aromatic rings. The molecule has 0 radical (unpaired) electrons. The largest absolute Gasteiger partial charge is 0.364 e. The SMILES string of the molecule is CN(CCCN)S(=O)(=O)c1cc(C(N)=O)n(C)c1. The highest BCUT2D eigenvalue weighted by Gasteiger charge is 2.23. The second-order valence-electron chi connectivity index (χ2n) is 4.01. The number of nitrogens with two attached hydrogens (primary N) is 2. The normalized spacial score (nSPS) is 12.0. The maximum absolute atomic E-state index is 12.1. The molecule has 1 heterocycles. The fourth-order valence-corrected chi connectivity index (χ4v) is 2.82. The first kappa shape index (κ1) is 14.7. The van der Waals surface area contributed by atoms with Crippen LogP contribution in [0.5, 0.6) is 0 Å². The smallest absolute Gasteiger partial charge is 0.265 e. The predicted octanol–water partition coefficient (Wildman–Crippen LogP) is -0.907. The third kappa shape index (κ3) is 2.89. The summed E-state index contributed by atoms with van der Waals surface area (Å²) in [5.41, 5.74) is 10.6. The van der Waals surface area contributed by atoms with Gasteiger partial charge in [0.05, 0.1) is 0 Å². The number of sulfonamides is 1. The highest BCUT2D eigenvalue weighted by molar-refractivity contribution is 7.89. The molecule has 1 amide bonds. The molecular formula is C10H18N4O3S. The van der Waals surface area contributed by atoms with E-state index in [1.54, 1.807) is 7.05 Å². The van der Waals surface area contributed by atoms with Crippen LogP contribution < -0.4 is 11.5 Å². The highest BCUT2D eigenvalue weighted by Crippen LogP contribution is 2.17. The zero-order valence-electron chi connectivity index (χ0n) is 10.5. The molecule has 1 rings (SSSR count). The number of carbonyl (C=O) groups excluding carboxylic acids is 1. The Labute approximate surface area is 106 Å². The Morgan fingerprint density at radius 3 is 2.56 bits per heavy atom. The average Bonchev–Trinajstić information content (AvgIpc) is 2.68. The maximum Gasteiger partial charge on any atom is 0.265 e. The van der Waals surface area contributed by atoms with Crippen LogP contribution in [0.3, 0.4) is 0 Å². The zero-order valence-corrected chi connectivity index (χ0v) is 11.3. The number of rotatable bonds is 6. The van der Waals surface area contributed by atoms with E-state index >= 15 is 0 Å². The summed E-state index contributed by atoms with van der Waals surface area (Å²) in [5.74, 6) is -0.663. The Morgan fingerprint density at radius 1 is 1.50 bits per heavy atom.